The van der Waals surface area contributed by atoms with Gasteiger partial charge in [-0.3, -0.25) is 9.59 Å². The summed E-state index contributed by atoms with van der Waals surface area (Å²) < 4.78 is 6.84. The molecule has 1 aromatic carbocycles. The van der Waals surface area contributed by atoms with Gasteiger partial charge in [0.15, 0.2) is 0 Å². The van der Waals surface area contributed by atoms with Gasteiger partial charge in [-0.2, -0.15) is 0 Å². The van der Waals surface area contributed by atoms with E-state index in [2.05, 4.69) is 10.6 Å². The number of amides is 2. The van der Waals surface area contributed by atoms with Crippen molar-refractivity contribution < 1.29 is 14.3 Å². The number of carbonyl (C=O) groups excluding carboxylic acids is 2. The molecule has 7 nitrogen and oxygen atoms in total. The van der Waals surface area contributed by atoms with E-state index in [0.717, 1.165) is 31.2 Å². The van der Waals surface area contributed by atoms with Crippen LogP contribution in [0.15, 0.2) is 53.5 Å². The number of hydrogen-bond acceptors (Lipinski definition) is 4. The third-order valence-corrected chi connectivity index (χ3v) is 5.37. The molecule has 3 rings (SSSR count). The van der Waals surface area contributed by atoms with E-state index in [9.17, 15) is 14.4 Å². The molecule has 0 unspecified atom stereocenters. The average molecular weight is 426 g/mol. The summed E-state index contributed by atoms with van der Waals surface area (Å²) in [5.74, 6) is -0.416. The van der Waals surface area contributed by atoms with Gasteiger partial charge in [0.05, 0.1) is 12.1 Å². The van der Waals surface area contributed by atoms with Gasteiger partial charge in [0, 0.05) is 12.7 Å². The fraction of sp³-hybridized carbons (Fsp3) is 0.458. The van der Waals surface area contributed by atoms with E-state index in [-0.39, 0.29) is 17.7 Å². The van der Waals surface area contributed by atoms with Crippen LogP contribution in [0.1, 0.15) is 62.4 Å². The van der Waals surface area contributed by atoms with Crippen LogP contribution in [-0.4, -0.2) is 34.3 Å². The van der Waals surface area contributed by atoms with E-state index >= 15 is 0 Å². The molecule has 1 saturated carbocycles. The minimum Gasteiger partial charge on any atom is -0.444 e. The summed E-state index contributed by atoms with van der Waals surface area (Å²) in [6.07, 6.45) is 4.53. The second-order valence-corrected chi connectivity index (χ2v) is 9.14. The molecule has 1 aliphatic rings. The second-order valence-electron chi connectivity index (χ2n) is 9.14. The summed E-state index contributed by atoms with van der Waals surface area (Å²) in [6.45, 7) is 6.06. The van der Waals surface area contributed by atoms with Crippen LogP contribution in [0.25, 0.3) is 0 Å². The lowest BCUT2D eigenvalue weighted by atomic mass is 9.97. The number of nitrogens with one attached hydrogen (secondary N) is 2. The van der Waals surface area contributed by atoms with E-state index in [1.165, 1.54) is 4.57 Å². The van der Waals surface area contributed by atoms with Gasteiger partial charge in [0.2, 0.25) is 0 Å². The van der Waals surface area contributed by atoms with Gasteiger partial charge in [-0.1, -0.05) is 43.2 Å². The highest BCUT2D eigenvalue weighted by Gasteiger charge is 2.36. The summed E-state index contributed by atoms with van der Waals surface area (Å²) in [4.78, 5) is 38.1. The first-order valence-corrected chi connectivity index (χ1v) is 10.7. The molecule has 1 aromatic heterocycles. The van der Waals surface area contributed by atoms with Gasteiger partial charge >= 0.3 is 6.09 Å². The summed E-state index contributed by atoms with van der Waals surface area (Å²) in [6, 6.07) is 12.9. The maximum atomic E-state index is 13.0. The van der Waals surface area contributed by atoms with E-state index < -0.39 is 23.1 Å². The highest BCUT2D eigenvalue weighted by atomic mass is 16.6. The van der Waals surface area contributed by atoms with Crippen molar-refractivity contribution in [2.45, 2.75) is 64.1 Å². The highest BCUT2D eigenvalue weighted by Crippen LogP contribution is 2.29. The Morgan fingerprint density at radius 2 is 1.74 bits per heavy atom. The second kappa shape index (κ2) is 9.37. The van der Waals surface area contributed by atoms with Crippen molar-refractivity contribution in [1.82, 2.24) is 15.2 Å². The van der Waals surface area contributed by atoms with Crippen molar-refractivity contribution in [2.24, 2.45) is 0 Å². The number of alkyl carbamates (subject to hydrolysis) is 1. The zero-order chi connectivity index (χ0) is 22.5. The lowest BCUT2D eigenvalue weighted by Crippen LogP contribution is -2.55. The Morgan fingerprint density at radius 3 is 2.39 bits per heavy atom. The third kappa shape index (κ3) is 6.20. The number of rotatable bonds is 6. The summed E-state index contributed by atoms with van der Waals surface area (Å²) in [5, 5.41) is 5.81. The van der Waals surface area contributed by atoms with Crippen LogP contribution in [-0.2, 0) is 11.3 Å². The van der Waals surface area contributed by atoms with Crippen molar-refractivity contribution >= 4 is 12.0 Å². The Labute approximate surface area is 182 Å². The summed E-state index contributed by atoms with van der Waals surface area (Å²) in [5.41, 5.74) is -0.431. The number of benzene rings is 1. The largest absolute Gasteiger partial charge is 0.444 e. The molecule has 2 N–H and O–H groups in total. The molecule has 1 fully saturated rings. The standard InChI is InChI=1S/C24H31N3O4/c1-23(2,3)31-22(30)25-17-24(13-7-8-14-24)26-20(28)19-12-9-15-27(21(19)29)16-18-10-5-4-6-11-18/h4-6,9-12,15H,7-8,13-14,16-17H2,1-3H3,(H,25,30)(H,26,28). The molecule has 2 amide bonds. The minimum absolute atomic E-state index is 0.0991. The van der Waals surface area contributed by atoms with Crippen molar-refractivity contribution in [3.63, 3.8) is 0 Å². The minimum atomic E-state index is -0.593. The van der Waals surface area contributed by atoms with Crippen molar-refractivity contribution in [1.29, 1.82) is 0 Å². The van der Waals surface area contributed by atoms with Crippen LogP contribution in [0.3, 0.4) is 0 Å². The van der Waals surface area contributed by atoms with E-state index in [1.54, 1.807) is 39.1 Å². The summed E-state index contributed by atoms with van der Waals surface area (Å²) >= 11 is 0. The maximum Gasteiger partial charge on any atom is 0.407 e. The topological polar surface area (TPSA) is 89.4 Å². The van der Waals surface area contributed by atoms with Crippen LogP contribution < -0.4 is 16.2 Å². The van der Waals surface area contributed by atoms with Gasteiger partial charge in [0.1, 0.15) is 11.2 Å². The van der Waals surface area contributed by atoms with Crippen LogP contribution in [0.5, 0.6) is 0 Å². The zero-order valence-corrected chi connectivity index (χ0v) is 18.4. The molecule has 1 heterocycles. The zero-order valence-electron chi connectivity index (χ0n) is 18.4. The first-order valence-electron chi connectivity index (χ1n) is 10.7. The van der Waals surface area contributed by atoms with E-state index in [4.69, 9.17) is 4.74 Å². The number of aromatic nitrogens is 1. The van der Waals surface area contributed by atoms with Crippen LogP contribution >= 0.6 is 0 Å². The van der Waals surface area contributed by atoms with Crippen molar-refractivity contribution in [3.8, 4) is 0 Å². The highest BCUT2D eigenvalue weighted by molar-refractivity contribution is 5.94. The van der Waals surface area contributed by atoms with Crippen LogP contribution in [0.4, 0.5) is 4.79 Å². The summed E-state index contributed by atoms with van der Waals surface area (Å²) in [7, 11) is 0. The van der Waals surface area contributed by atoms with E-state index in [0.29, 0.717) is 6.54 Å². The Bertz CT molecular complexity index is 970. The van der Waals surface area contributed by atoms with Crippen molar-refractivity contribution in [2.75, 3.05) is 6.54 Å². The molecule has 31 heavy (non-hydrogen) atoms. The van der Waals surface area contributed by atoms with Gasteiger partial charge < -0.3 is 19.9 Å². The number of carbonyl (C=O) groups is 2. The molecule has 7 heteroatoms. The Morgan fingerprint density at radius 1 is 1.06 bits per heavy atom. The molecule has 0 radical (unpaired) electrons. The van der Waals surface area contributed by atoms with Gasteiger partial charge in [-0.25, -0.2) is 4.79 Å². The first-order chi connectivity index (χ1) is 14.7. The monoisotopic (exact) mass is 425 g/mol. The number of ether oxygens (including phenoxy) is 1. The smallest absolute Gasteiger partial charge is 0.407 e. The third-order valence-electron chi connectivity index (χ3n) is 5.37. The molecule has 2 aromatic rings. The molecule has 166 valence electrons. The fourth-order valence-corrected chi connectivity index (χ4v) is 3.88. The molecular formula is C24H31N3O4. The molecular weight excluding hydrogens is 394 g/mol. The SMILES string of the molecule is CC(C)(C)OC(=O)NCC1(NC(=O)c2cccn(Cc3ccccc3)c2=O)CCCC1. The van der Waals surface area contributed by atoms with E-state index in [1.807, 2.05) is 30.3 Å². The average Bonchev–Trinajstić information content (AvgIpc) is 3.16. The normalized spacial score (nSPS) is 15.3. The Kier molecular flexibility index (Phi) is 6.83. The first kappa shape index (κ1) is 22.6. The van der Waals surface area contributed by atoms with Crippen LogP contribution in [0.2, 0.25) is 0 Å². The molecule has 1 aliphatic carbocycles. The van der Waals surface area contributed by atoms with Gasteiger partial charge in [0.25, 0.3) is 11.5 Å². The lowest BCUT2D eigenvalue weighted by Gasteiger charge is -2.31. The predicted molar refractivity (Wildman–Crippen MR) is 119 cm³/mol. The fourth-order valence-electron chi connectivity index (χ4n) is 3.88. The predicted octanol–water partition coefficient (Wildman–Crippen LogP) is 3.46. The lowest BCUT2D eigenvalue weighted by molar-refractivity contribution is 0.0504. The Balaban J connectivity index is 1.72. The number of nitrogens with zero attached hydrogens (tertiary/aromatic N) is 1. The van der Waals surface area contributed by atoms with Crippen molar-refractivity contribution in [3.05, 3.63) is 70.1 Å². The molecule has 0 atom stereocenters. The molecule has 0 aliphatic heterocycles. The number of pyridine rings is 1. The molecule has 0 spiro atoms. The number of hydrogen-bond donors (Lipinski definition) is 2. The van der Waals surface area contributed by atoms with Gasteiger partial charge in [-0.15, -0.1) is 0 Å². The van der Waals surface area contributed by atoms with Gasteiger partial charge in [-0.05, 0) is 51.3 Å². The maximum absolute atomic E-state index is 13.0. The molecule has 0 saturated heterocycles. The molecule has 0 bridgehead atoms. The quantitative estimate of drug-likeness (QED) is 0.742. The van der Waals surface area contributed by atoms with Crippen LogP contribution in [0, 0.1) is 0 Å². The Hall–Kier alpha value is -3.09.